The normalized spacial score (nSPS) is 12.9. The highest BCUT2D eigenvalue weighted by molar-refractivity contribution is 5.71. The average Bonchev–Trinajstić information content (AvgIpc) is 3.40. The number of rotatable bonds is 55. The standard InChI is InChI=1S/C68H114O6/c1-4-7-10-13-16-19-22-25-27-29-30-31-32-33-34-35-36-37-38-39-41-43-46-49-52-55-58-61-67(70)73-64-65(63-72-66(69)60-57-54-51-48-45-42-24-21-18-15-12-9-6-3)74-68(71)62-59-56-53-50-47-44-40-28-26-23-20-17-14-11-8-5-2/h7,10,16,19,21,24-25,27-28,30-31,33-34,36-37,39-41,65H,4-6,8-9,11-15,17-18,20,22-23,26,29,32,35,38,42-64H2,1-3H3/b10-7-,19-16-,24-21-,27-25-,31-30-,34-33-,37-36-,40-28-,41-39-. The fourth-order valence-corrected chi connectivity index (χ4v) is 8.35. The second-order valence-electron chi connectivity index (χ2n) is 20.2. The second kappa shape index (κ2) is 61.6. The topological polar surface area (TPSA) is 78.9 Å². The van der Waals surface area contributed by atoms with E-state index in [4.69, 9.17) is 14.2 Å². The Morgan fingerprint density at radius 3 is 0.851 bits per heavy atom. The lowest BCUT2D eigenvalue weighted by molar-refractivity contribution is -0.167. The van der Waals surface area contributed by atoms with E-state index in [1.807, 2.05) is 0 Å². The molecule has 0 aliphatic heterocycles. The van der Waals surface area contributed by atoms with Crippen LogP contribution >= 0.6 is 0 Å². The van der Waals surface area contributed by atoms with E-state index in [1.165, 1.54) is 103 Å². The number of hydrogen-bond donors (Lipinski definition) is 0. The summed E-state index contributed by atoms with van der Waals surface area (Å²) in [5.41, 5.74) is 0. The third-order valence-corrected chi connectivity index (χ3v) is 13.0. The minimum absolute atomic E-state index is 0.0923. The van der Waals surface area contributed by atoms with Crippen molar-refractivity contribution in [2.75, 3.05) is 13.2 Å². The zero-order chi connectivity index (χ0) is 53.6. The van der Waals surface area contributed by atoms with E-state index in [0.29, 0.717) is 19.3 Å². The largest absolute Gasteiger partial charge is 0.462 e. The Labute approximate surface area is 457 Å². The van der Waals surface area contributed by atoms with Gasteiger partial charge in [0.1, 0.15) is 13.2 Å². The molecule has 1 atom stereocenters. The fraction of sp³-hybridized carbons (Fsp3) is 0.691. The number of carbonyl (C=O) groups is 3. The summed E-state index contributed by atoms with van der Waals surface area (Å²) in [7, 11) is 0. The molecule has 6 nitrogen and oxygen atoms in total. The Morgan fingerprint density at radius 1 is 0.284 bits per heavy atom. The van der Waals surface area contributed by atoms with Crippen molar-refractivity contribution in [2.45, 2.75) is 290 Å². The van der Waals surface area contributed by atoms with Crippen molar-refractivity contribution in [3.8, 4) is 0 Å². The monoisotopic (exact) mass is 1030 g/mol. The molecule has 0 aromatic rings. The Kier molecular flexibility index (Phi) is 58.3. The first-order chi connectivity index (χ1) is 36.5. The molecule has 0 aromatic heterocycles. The quantitative estimate of drug-likeness (QED) is 0.0261. The van der Waals surface area contributed by atoms with Gasteiger partial charge in [0.25, 0.3) is 0 Å². The van der Waals surface area contributed by atoms with Gasteiger partial charge >= 0.3 is 17.9 Å². The van der Waals surface area contributed by atoms with Gasteiger partial charge in [0, 0.05) is 19.3 Å². The molecule has 0 N–H and O–H groups in total. The van der Waals surface area contributed by atoms with Crippen LogP contribution in [0, 0.1) is 0 Å². The average molecular weight is 1030 g/mol. The molecule has 6 heteroatoms. The third kappa shape index (κ3) is 59.0. The van der Waals surface area contributed by atoms with Crippen molar-refractivity contribution in [2.24, 2.45) is 0 Å². The number of unbranched alkanes of at least 4 members (excludes halogenated alkanes) is 26. The van der Waals surface area contributed by atoms with Gasteiger partial charge in [-0.3, -0.25) is 14.4 Å². The third-order valence-electron chi connectivity index (χ3n) is 13.0. The lowest BCUT2D eigenvalue weighted by atomic mass is 10.1. The highest BCUT2D eigenvalue weighted by Crippen LogP contribution is 2.14. The summed E-state index contributed by atoms with van der Waals surface area (Å²) in [5.74, 6) is -0.925. The van der Waals surface area contributed by atoms with Crippen LogP contribution < -0.4 is 0 Å². The van der Waals surface area contributed by atoms with Crippen LogP contribution in [0.3, 0.4) is 0 Å². The van der Waals surface area contributed by atoms with Crippen LogP contribution in [0.1, 0.15) is 284 Å². The molecule has 0 radical (unpaired) electrons. The van der Waals surface area contributed by atoms with Gasteiger partial charge in [-0.25, -0.2) is 0 Å². The second-order valence-corrected chi connectivity index (χ2v) is 20.2. The highest BCUT2D eigenvalue weighted by Gasteiger charge is 2.19. The van der Waals surface area contributed by atoms with E-state index < -0.39 is 6.10 Å². The van der Waals surface area contributed by atoms with Crippen molar-refractivity contribution in [1.82, 2.24) is 0 Å². The molecule has 422 valence electrons. The molecule has 0 aromatic carbocycles. The van der Waals surface area contributed by atoms with Gasteiger partial charge in [-0.15, -0.1) is 0 Å². The first kappa shape index (κ1) is 70.1. The van der Waals surface area contributed by atoms with Gasteiger partial charge in [0.05, 0.1) is 0 Å². The van der Waals surface area contributed by atoms with Crippen LogP contribution in [-0.2, 0) is 28.6 Å². The van der Waals surface area contributed by atoms with Crippen molar-refractivity contribution in [3.05, 3.63) is 109 Å². The van der Waals surface area contributed by atoms with Gasteiger partial charge in [0.2, 0.25) is 0 Å². The summed E-state index contributed by atoms with van der Waals surface area (Å²) in [6.07, 6.45) is 83.7. The summed E-state index contributed by atoms with van der Waals surface area (Å²) in [6.45, 7) is 6.49. The van der Waals surface area contributed by atoms with Crippen LogP contribution in [-0.4, -0.2) is 37.2 Å². The summed E-state index contributed by atoms with van der Waals surface area (Å²) in [4.78, 5) is 38.2. The van der Waals surface area contributed by atoms with E-state index in [9.17, 15) is 14.4 Å². The van der Waals surface area contributed by atoms with Crippen LogP contribution in [0.15, 0.2) is 109 Å². The molecule has 74 heavy (non-hydrogen) atoms. The van der Waals surface area contributed by atoms with E-state index in [1.54, 1.807) is 0 Å². The van der Waals surface area contributed by atoms with Crippen LogP contribution in [0.4, 0.5) is 0 Å². The lowest BCUT2D eigenvalue weighted by Crippen LogP contribution is -2.30. The van der Waals surface area contributed by atoms with E-state index in [-0.39, 0.29) is 31.1 Å². The molecular weight excluding hydrogens is 913 g/mol. The van der Waals surface area contributed by atoms with Crippen molar-refractivity contribution in [1.29, 1.82) is 0 Å². The van der Waals surface area contributed by atoms with Crippen LogP contribution in [0.2, 0.25) is 0 Å². The number of esters is 3. The molecule has 0 saturated heterocycles. The molecule has 0 rings (SSSR count). The van der Waals surface area contributed by atoms with E-state index >= 15 is 0 Å². The molecule has 0 aliphatic carbocycles. The smallest absolute Gasteiger partial charge is 0.306 e. The molecule has 0 saturated carbocycles. The summed E-state index contributed by atoms with van der Waals surface area (Å²) in [6, 6.07) is 0. The zero-order valence-electron chi connectivity index (χ0n) is 48.3. The molecule has 0 heterocycles. The first-order valence-electron chi connectivity index (χ1n) is 30.9. The highest BCUT2D eigenvalue weighted by atomic mass is 16.6. The SMILES string of the molecule is CC/C=C\C/C=C\C/C=C\C/C=C\C/C=C\C/C=C\C/C=C\CCCCCCCC(=O)OCC(COC(=O)CCCCCCC/C=C\CCCCCC)OC(=O)CCCCCCC/C=C\CCCCCCCCC. The summed E-state index contributed by atoms with van der Waals surface area (Å²) in [5, 5.41) is 0. The number of allylic oxidation sites excluding steroid dienone is 18. The Bertz CT molecular complexity index is 1510. The fourth-order valence-electron chi connectivity index (χ4n) is 8.35. The van der Waals surface area contributed by atoms with Gasteiger partial charge in [-0.05, 0) is 128 Å². The van der Waals surface area contributed by atoms with Gasteiger partial charge in [0.15, 0.2) is 6.10 Å². The molecule has 0 spiro atoms. The molecule has 0 amide bonds. The Morgan fingerprint density at radius 2 is 0.527 bits per heavy atom. The minimum Gasteiger partial charge on any atom is -0.462 e. The number of hydrogen-bond acceptors (Lipinski definition) is 6. The van der Waals surface area contributed by atoms with E-state index in [2.05, 4.69) is 130 Å². The predicted octanol–water partition coefficient (Wildman–Crippen LogP) is 21.0. The van der Waals surface area contributed by atoms with Gasteiger partial charge in [-0.2, -0.15) is 0 Å². The summed E-state index contributed by atoms with van der Waals surface area (Å²) < 4.78 is 16.9. The van der Waals surface area contributed by atoms with Crippen molar-refractivity contribution >= 4 is 17.9 Å². The number of ether oxygens (including phenoxy) is 3. The minimum atomic E-state index is -0.796. The summed E-state index contributed by atoms with van der Waals surface area (Å²) >= 11 is 0. The maximum atomic E-state index is 12.9. The van der Waals surface area contributed by atoms with Crippen LogP contribution in [0.25, 0.3) is 0 Å². The maximum absolute atomic E-state index is 12.9. The number of carbonyl (C=O) groups excluding carboxylic acids is 3. The zero-order valence-corrected chi connectivity index (χ0v) is 48.3. The molecule has 0 aliphatic rings. The van der Waals surface area contributed by atoms with Gasteiger partial charge in [-0.1, -0.05) is 246 Å². The lowest BCUT2D eigenvalue weighted by Gasteiger charge is -2.18. The Balaban J connectivity index is 4.38. The molecule has 0 bridgehead atoms. The van der Waals surface area contributed by atoms with Crippen molar-refractivity contribution in [3.63, 3.8) is 0 Å². The van der Waals surface area contributed by atoms with Gasteiger partial charge < -0.3 is 14.2 Å². The molecule has 0 fully saturated rings. The molecular formula is C68H114O6. The van der Waals surface area contributed by atoms with E-state index in [0.717, 1.165) is 141 Å². The Hall–Kier alpha value is -3.93. The predicted molar refractivity (Wildman–Crippen MR) is 320 cm³/mol. The molecule has 1 unspecified atom stereocenters. The maximum Gasteiger partial charge on any atom is 0.306 e. The van der Waals surface area contributed by atoms with Crippen molar-refractivity contribution < 1.29 is 28.6 Å². The first-order valence-corrected chi connectivity index (χ1v) is 30.9. The van der Waals surface area contributed by atoms with Crippen LogP contribution in [0.5, 0.6) is 0 Å².